The average Bonchev–Trinajstić information content (AvgIpc) is 2.73. The Balaban J connectivity index is 1.54. The van der Waals surface area contributed by atoms with E-state index in [1.807, 2.05) is 23.1 Å². The van der Waals surface area contributed by atoms with Crippen molar-refractivity contribution >= 4 is 39.4 Å². The molecule has 2 fully saturated rings. The summed E-state index contributed by atoms with van der Waals surface area (Å²) in [6, 6.07) is 7.61. The predicted octanol–water partition coefficient (Wildman–Crippen LogP) is 0.942. The van der Waals surface area contributed by atoms with Crippen LogP contribution in [0.2, 0.25) is 0 Å². The highest BCUT2D eigenvalue weighted by Crippen LogP contribution is 2.29. The van der Waals surface area contributed by atoms with Crippen molar-refractivity contribution in [1.82, 2.24) is 25.1 Å². The van der Waals surface area contributed by atoms with Crippen LogP contribution in [0.1, 0.15) is 22.0 Å². The smallest absolute Gasteiger partial charge is 0.253 e. The zero-order valence-corrected chi connectivity index (χ0v) is 18.6. The maximum absolute atomic E-state index is 13.0. The van der Waals surface area contributed by atoms with Gasteiger partial charge in [-0.1, -0.05) is 15.9 Å². The number of hydrogen-bond donors (Lipinski definition) is 3. The average molecular weight is 475 g/mol. The number of benzene rings is 1. The number of nitrogens with zero attached hydrogens (tertiary/aromatic N) is 5. The van der Waals surface area contributed by atoms with Gasteiger partial charge in [-0.05, 0) is 30.8 Å². The van der Waals surface area contributed by atoms with Gasteiger partial charge in [0.05, 0.1) is 6.04 Å². The molecule has 2 aliphatic rings. The lowest BCUT2D eigenvalue weighted by molar-refractivity contribution is 0.0664. The van der Waals surface area contributed by atoms with Crippen molar-refractivity contribution < 1.29 is 4.79 Å². The molecule has 0 radical (unpaired) electrons. The van der Waals surface area contributed by atoms with Crippen LogP contribution in [0.3, 0.4) is 0 Å². The van der Waals surface area contributed by atoms with Crippen molar-refractivity contribution in [2.24, 2.45) is 0 Å². The minimum Gasteiger partial charge on any atom is -0.383 e. The molecule has 5 N–H and O–H groups in total. The number of amides is 1. The number of piperazine rings is 2. The van der Waals surface area contributed by atoms with Gasteiger partial charge in [0, 0.05) is 61.9 Å². The fourth-order valence-corrected chi connectivity index (χ4v) is 4.46. The summed E-state index contributed by atoms with van der Waals surface area (Å²) in [7, 11) is 2.08. The highest BCUT2D eigenvalue weighted by atomic mass is 79.9. The summed E-state index contributed by atoms with van der Waals surface area (Å²) in [5.41, 5.74) is 13.4. The van der Waals surface area contributed by atoms with Gasteiger partial charge in [-0.2, -0.15) is 9.97 Å². The minimum absolute atomic E-state index is 0.0331. The second-order valence-corrected chi connectivity index (χ2v) is 8.65. The molecular weight excluding hydrogens is 448 g/mol. The number of hydrogen-bond acceptors (Lipinski definition) is 8. The number of nitrogen functional groups attached to an aromatic ring is 2. The van der Waals surface area contributed by atoms with Crippen molar-refractivity contribution in [2.75, 3.05) is 69.2 Å². The lowest BCUT2D eigenvalue weighted by Gasteiger charge is -2.35. The first-order valence-corrected chi connectivity index (χ1v) is 10.9. The fourth-order valence-electron chi connectivity index (χ4n) is 3.94. The van der Waals surface area contributed by atoms with E-state index in [9.17, 15) is 4.79 Å². The minimum atomic E-state index is 0.0331. The number of anilines is 3. The molecule has 9 nitrogen and oxygen atoms in total. The van der Waals surface area contributed by atoms with Gasteiger partial charge in [-0.25, -0.2) is 0 Å². The first kappa shape index (κ1) is 20.8. The van der Waals surface area contributed by atoms with E-state index >= 15 is 0 Å². The number of likely N-dealkylation sites (N-methyl/N-ethyl adjacent to an activating group) is 1. The van der Waals surface area contributed by atoms with Gasteiger partial charge in [0.25, 0.3) is 5.91 Å². The van der Waals surface area contributed by atoms with Crippen LogP contribution in [-0.2, 0) is 0 Å². The Morgan fingerprint density at radius 1 is 1.13 bits per heavy atom. The standard InChI is InChI=1S/C20H27BrN8O/c1-27-6-8-28(9-7-27)19(30)13-2-3-15(21)14(10-13)16-12-29(5-4-24-16)18-11-17(22)25-20(23)26-18/h2-3,10-11,16,24H,4-9,12H2,1H3,(H4,22,23,25,26)/t16-/m1/s1. The number of rotatable bonds is 3. The highest BCUT2D eigenvalue weighted by molar-refractivity contribution is 9.10. The van der Waals surface area contributed by atoms with E-state index < -0.39 is 0 Å². The van der Waals surface area contributed by atoms with Crippen molar-refractivity contribution in [3.05, 3.63) is 39.9 Å². The van der Waals surface area contributed by atoms with E-state index in [2.05, 4.69) is 48.1 Å². The van der Waals surface area contributed by atoms with Crippen LogP contribution >= 0.6 is 15.9 Å². The van der Waals surface area contributed by atoms with Gasteiger partial charge in [-0.15, -0.1) is 0 Å². The van der Waals surface area contributed by atoms with E-state index in [1.165, 1.54) is 0 Å². The molecule has 3 heterocycles. The molecule has 0 bridgehead atoms. The number of carbonyl (C=O) groups is 1. The highest BCUT2D eigenvalue weighted by Gasteiger charge is 2.26. The first-order chi connectivity index (χ1) is 14.4. The number of halogens is 1. The molecule has 1 aromatic carbocycles. The van der Waals surface area contributed by atoms with Crippen molar-refractivity contribution in [1.29, 1.82) is 0 Å². The monoisotopic (exact) mass is 474 g/mol. The van der Waals surface area contributed by atoms with Gasteiger partial charge in [-0.3, -0.25) is 4.79 Å². The second-order valence-electron chi connectivity index (χ2n) is 7.79. The summed E-state index contributed by atoms with van der Waals surface area (Å²) in [5, 5.41) is 3.55. The summed E-state index contributed by atoms with van der Waals surface area (Å²) in [6.07, 6.45) is 0. The molecule has 2 saturated heterocycles. The SMILES string of the molecule is CN1CCN(C(=O)c2ccc(Br)c([C@H]3CN(c4cc(N)nc(N)n4)CCN3)c2)CC1. The molecule has 1 aromatic heterocycles. The van der Waals surface area contributed by atoms with Crippen LogP contribution in [-0.4, -0.2) is 78.5 Å². The molecule has 1 amide bonds. The third-order valence-corrected chi connectivity index (χ3v) is 6.38. The number of nitrogens with two attached hydrogens (primary N) is 2. The molecule has 160 valence electrons. The van der Waals surface area contributed by atoms with Crippen LogP contribution in [0, 0.1) is 0 Å². The number of carbonyl (C=O) groups excluding carboxylic acids is 1. The van der Waals surface area contributed by atoms with Crippen molar-refractivity contribution in [3.8, 4) is 0 Å². The zero-order valence-electron chi connectivity index (χ0n) is 17.0. The molecule has 0 unspecified atom stereocenters. The Labute approximate surface area is 184 Å². The fraction of sp³-hybridized carbons (Fsp3) is 0.450. The van der Waals surface area contributed by atoms with E-state index in [0.717, 1.165) is 49.3 Å². The van der Waals surface area contributed by atoms with E-state index in [0.29, 0.717) is 23.7 Å². The molecular formula is C20H27BrN8O. The second kappa shape index (κ2) is 8.75. The summed E-state index contributed by atoms with van der Waals surface area (Å²) in [5.74, 6) is 1.32. The number of nitrogens with one attached hydrogen (secondary N) is 1. The third kappa shape index (κ3) is 4.50. The molecule has 30 heavy (non-hydrogen) atoms. The molecule has 10 heteroatoms. The van der Waals surface area contributed by atoms with E-state index in [1.54, 1.807) is 6.07 Å². The Morgan fingerprint density at radius 2 is 1.90 bits per heavy atom. The lowest BCUT2D eigenvalue weighted by Crippen LogP contribution is -2.47. The van der Waals surface area contributed by atoms with Crippen LogP contribution in [0.5, 0.6) is 0 Å². The molecule has 4 rings (SSSR count). The zero-order chi connectivity index (χ0) is 21.3. The van der Waals surface area contributed by atoms with Crippen molar-refractivity contribution in [2.45, 2.75) is 6.04 Å². The topological polar surface area (TPSA) is 117 Å². The van der Waals surface area contributed by atoms with Gasteiger partial charge in [0.1, 0.15) is 11.6 Å². The van der Waals surface area contributed by atoms with Crippen LogP contribution < -0.4 is 21.7 Å². The molecule has 0 spiro atoms. The maximum Gasteiger partial charge on any atom is 0.253 e. The predicted molar refractivity (Wildman–Crippen MR) is 121 cm³/mol. The Bertz CT molecular complexity index is 911. The number of aromatic nitrogens is 2. The summed E-state index contributed by atoms with van der Waals surface area (Å²) < 4.78 is 0.971. The van der Waals surface area contributed by atoms with Gasteiger partial charge >= 0.3 is 0 Å². The quantitative estimate of drug-likeness (QED) is 0.601. The Hall–Kier alpha value is -2.43. The summed E-state index contributed by atoms with van der Waals surface area (Å²) >= 11 is 3.66. The molecule has 0 aliphatic carbocycles. The van der Waals surface area contributed by atoms with Crippen LogP contribution in [0.15, 0.2) is 28.7 Å². The van der Waals surface area contributed by atoms with Gasteiger partial charge in [0.2, 0.25) is 5.95 Å². The lowest BCUT2D eigenvalue weighted by atomic mass is 10.0. The van der Waals surface area contributed by atoms with Gasteiger partial charge in [0.15, 0.2) is 0 Å². The largest absolute Gasteiger partial charge is 0.383 e. The molecule has 2 aliphatic heterocycles. The molecule has 1 atom stereocenters. The van der Waals surface area contributed by atoms with Crippen LogP contribution in [0.4, 0.5) is 17.6 Å². The van der Waals surface area contributed by atoms with E-state index in [-0.39, 0.29) is 17.9 Å². The Morgan fingerprint density at radius 3 is 2.63 bits per heavy atom. The van der Waals surface area contributed by atoms with E-state index in [4.69, 9.17) is 11.5 Å². The molecule has 0 saturated carbocycles. The summed E-state index contributed by atoms with van der Waals surface area (Å²) in [4.78, 5) is 27.6. The first-order valence-electron chi connectivity index (χ1n) is 10.1. The van der Waals surface area contributed by atoms with Crippen LogP contribution in [0.25, 0.3) is 0 Å². The van der Waals surface area contributed by atoms with Crippen molar-refractivity contribution in [3.63, 3.8) is 0 Å². The normalized spacial score (nSPS) is 20.4. The third-order valence-electron chi connectivity index (χ3n) is 5.66. The maximum atomic E-state index is 13.0. The van der Waals surface area contributed by atoms with Gasteiger partial charge < -0.3 is 31.5 Å². The summed E-state index contributed by atoms with van der Waals surface area (Å²) in [6.45, 7) is 5.56. The molecule has 2 aromatic rings. The Kier molecular flexibility index (Phi) is 6.07.